The van der Waals surface area contributed by atoms with Gasteiger partial charge in [0.05, 0.1) is 25.3 Å². The van der Waals surface area contributed by atoms with Crippen LogP contribution in [0, 0.1) is 6.92 Å². The summed E-state index contributed by atoms with van der Waals surface area (Å²) in [5, 5.41) is 6.25. The lowest BCUT2D eigenvalue weighted by Crippen LogP contribution is -2.40. The van der Waals surface area contributed by atoms with E-state index < -0.39 is 0 Å². The van der Waals surface area contributed by atoms with Crippen molar-refractivity contribution in [3.8, 4) is 11.5 Å². The summed E-state index contributed by atoms with van der Waals surface area (Å²) in [5.41, 5.74) is 2.09. The first-order valence-electron chi connectivity index (χ1n) is 9.29. The summed E-state index contributed by atoms with van der Waals surface area (Å²) in [6, 6.07) is 5.82. The predicted octanol–water partition coefficient (Wildman–Crippen LogP) is 3.95. The van der Waals surface area contributed by atoms with E-state index >= 15 is 0 Å². The van der Waals surface area contributed by atoms with E-state index in [-0.39, 0.29) is 12.1 Å². The molecular weight excluding hydrogens is 362 g/mol. The minimum Gasteiger partial charge on any atom is -0.497 e. The largest absolute Gasteiger partial charge is 0.497 e. The van der Waals surface area contributed by atoms with Crippen LogP contribution in [0.15, 0.2) is 23.6 Å². The van der Waals surface area contributed by atoms with Gasteiger partial charge in [-0.25, -0.2) is 9.78 Å². The molecule has 2 heterocycles. The molecule has 1 aliphatic rings. The van der Waals surface area contributed by atoms with Crippen molar-refractivity contribution in [2.45, 2.75) is 38.6 Å². The van der Waals surface area contributed by atoms with Crippen LogP contribution in [0.1, 0.15) is 41.6 Å². The third-order valence-corrected chi connectivity index (χ3v) is 5.85. The van der Waals surface area contributed by atoms with Crippen molar-refractivity contribution < 1.29 is 14.3 Å². The Bertz CT molecular complexity index is 778. The number of ether oxygens (including phenoxy) is 2. The van der Waals surface area contributed by atoms with Crippen LogP contribution in [0.5, 0.6) is 11.5 Å². The lowest BCUT2D eigenvalue weighted by Gasteiger charge is -2.26. The van der Waals surface area contributed by atoms with Gasteiger partial charge in [-0.05, 0) is 38.3 Å². The average Bonchev–Trinajstić information content (AvgIpc) is 3.33. The number of urea groups is 1. The van der Waals surface area contributed by atoms with Gasteiger partial charge in [-0.1, -0.05) is 0 Å². The Balaban J connectivity index is 1.58. The molecule has 0 saturated carbocycles. The summed E-state index contributed by atoms with van der Waals surface area (Å²) in [4.78, 5) is 19.1. The lowest BCUT2D eigenvalue weighted by atomic mass is 10.0. The molecule has 1 unspecified atom stereocenters. The van der Waals surface area contributed by atoms with Gasteiger partial charge < -0.3 is 19.7 Å². The second-order valence-corrected chi connectivity index (χ2v) is 7.62. The van der Waals surface area contributed by atoms with E-state index in [1.807, 2.05) is 30.0 Å². The molecule has 0 spiro atoms. The number of benzene rings is 1. The molecule has 7 heteroatoms. The van der Waals surface area contributed by atoms with E-state index in [0.29, 0.717) is 6.54 Å². The first-order valence-corrected chi connectivity index (χ1v) is 10.2. The standard InChI is InChI=1S/C20H27N3O3S/c1-14-13-27-19(22-14)7-4-10-21-20(24)23-11-5-6-17(23)16-9-8-15(25-2)12-18(16)26-3/h8-9,12-13,17H,4-7,10-11H2,1-3H3,(H,21,24). The van der Waals surface area contributed by atoms with E-state index in [1.165, 1.54) is 0 Å². The van der Waals surface area contributed by atoms with E-state index in [9.17, 15) is 4.79 Å². The Morgan fingerprint density at radius 3 is 2.93 bits per heavy atom. The predicted molar refractivity (Wildman–Crippen MR) is 107 cm³/mol. The molecule has 0 radical (unpaired) electrons. The van der Waals surface area contributed by atoms with Crippen LogP contribution in [0.2, 0.25) is 0 Å². The maximum atomic E-state index is 12.7. The van der Waals surface area contributed by atoms with Crippen LogP contribution in [0.3, 0.4) is 0 Å². The molecule has 27 heavy (non-hydrogen) atoms. The molecular formula is C20H27N3O3S. The Kier molecular flexibility index (Phi) is 6.55. The Morgan fingerprint density at radius 1 is 1.37 bits per heavy atom. The molecule has 1 fully saturated rings. The van der Waals surface area contributed by atoms with E-state index in [2.05, 4.69) is 15.7 Å². The quantitative estimate of drug-likeness (QED) is 0.729. The van der Waals surface area contributed by atoms with Gasteiger partial charge in [0.1, 0.15) is 11.5 Å². The summed E-state index contributed by atoms with van der Waals surface area (Å²) in [7, 11) is 3.29. The number of likely N-dealkylation sites (tertiary alicyclic amines) is 1. The van der Waals surface area contributed by atoms with Crippen LogP contribution in [0.25, 0.3) is 0 Å². The average molecular weight is 390 g/mol. The lowest BCUT2D eigenvalue weighted by molar-refractivity contribution is 0.192. The van der Waals surface area contributed by atoms with Gasteiger partial charge in [0, 0.05) is 42.2 Å². The zero-order valence-electron chi connectivity index (χ0n) is 16.2. The van der Waals surface area contributed by atoms with Crippen molar-refractivity contribution in [2.24, 2.45) is 0 Å². The molecule has 0 aliphatic carbocycles. The Hall–Kier alpha value is -2.28. The second kappa shape index (κ2) is 9.08. The number of thiazole rings is 1. The third kappa shape index (κ3) is 4.71. The number of rotatable bonds is 7. The topological polar surface area (TPSA) is 63.7 Å². The van der Waals surface area contributed by atoms with E-state index in [4.69, 9.17) is 9.47 Å². The van der Waals surface area contributed by atoms with Crippen LogP contribution < -0.4 is 14.8 Å². The van der Waals surface area contributed by atoms with Gasteiger partial charge in [0.15, 0.2) is 0 Å². The summed E-state index contributed by atoms with van der Waals surface area (Å²) < 4.78 is 10.8. The number of nitrogens with one attached hydrogen (secondary N) is 1. The number of hydrogen-bond donors (Lipinski definition) is 1. The minimum absolute atomic E-state index is 0.00862. The maximum Gasteiger partial charge on any atom is 0.317 e. The normalized spacial score (nSPS) is 16.4. The van der Waals surface area contributed by atoms with Crippen molar-refractivity contribution >= 4 is 17.4 Å². The molecule has 1 aromatic carbocycles. The van der Waals surface area contributed by atoms with Gasteiger partial charge in [0.25, 0.3) is 0 Å². The van der Waals surface area contributed by atoms with Crippen molar-refractivity contribution in [1.29, 1.82) is 0 Å². The van der Waals surface area contributed by atoms with E-state index in [1.54, 1.807) is 25.6 Å². The van der Waals surface area contributed by atoms with Gasteiger partial charge in [0.2, 0.25) is 0 Å². The van der Waals surface area contributed by atoms with E-state index in [0.717, 1.165) is 60.0 Å². The van der Waals surface area contributed by atoms with Crippen LogP contribution in [-0.2, 0) is 6.42 Å². The molecule has 1 aliphatic heterocycles. The number of nitrogens with zero attached hydrogens (tertiary/aromatic N) is 2. The van der Waals surface area contributed by atoms with Gasteiger partial charge in [-0.3, -0.25) is 0 Å². The highest BCUT2D eigenvalue weighted by molar-refractivity contribution is 7.09. The maximum absolute atomic E-state index is 12.7. The van der Waals surface area contributed by atoms with Crippen LogP contribution in [0.4, 0.5) is 4.79 Å². The molecule has 0 bridgehead atoms. The monoisotopic (exact) mass is 389 g/mol. The van der Waals surface area contributed by atoms with Crippen LogP contribution in [-0.4, -0.2) is 43.2 Å². The van der Waals surface area contributed by atoms with Gasteiger partial charge in [-0.2, -0.15) is 0 Å². The number of carbonyl (C=O) groups is 1. The molecule has 1 saturated heterocycles. The number of aromatic nitrogens is 1. The highest BCUT2D eigenvalue weighted by atomic mass is 32.1. The summed E-state index contributed by atoms with van der Waals surface area (Å²) in [5.74, 6) is 1.51. The first kappa shape index (κ1) is 19.5. The zero-order valence-corrected chi connectivity index (χ0v) is 17.0. The Labute approximate surface area is 164 Å². The van der Waals surface area contributed by atoms with Crippen molar-refractivity contribution in [3.05, 3.63) is 39.8 Å². The van der Waals surface area contributed by atoms with Gasteiger partial charge >= 0.3 is 6.03 Å². The Morgan fingerprint density at radius 2 is 2.22 bits per heavy atom. The fourth-order valence-corrected chi connectivity index (χ4v) is 4.30. The van der Waals surface area contributed by atoms with Crippen molar-refractivity contribution in [3.63, 3.8) is 0 Å². The highest BCUT2D eigenvalue weighted by Crippen LogP contribution is 2.38. The summed E-state index contributed by atoms with van der Waals surface area (Å²) in [6.45, 7) is 3.42. The number of carbonyl (C=O) groups excluding carboxylic acids is 1. The fourth-order valence-electron chi connectivity index (χ4n) is 3.48. The van der Waals surface area contributed by atoms with Crippen molar-refractivity contribution in [2.75, 3.05) is 27.3 Å². The second-order valence-electron chi connectivity index (χ2n) is 6.68. The molecule has 3 rings (SSSR count). The number of hydrogen-bond acceptors (Lipinski definition) is 5. The molecule has 146 valence electrons. The smallest absolute Gasteiger partial charge is 0.317 e. The SMILES string of the molecule is COc1ccc(C2CCCN2C(=O)NCCCc2nc(C)cs2)c(OC)c1. The number of amides is 2. The van der Waals surface area contributed by atoms with Crippen molar-refractivity contribution in [1.82, 2.24) is 15.2 Å². The highest BCUT2D eigenvalue weighted by Gasteiger charge is 2.31. The molecule has 1 N–H and O–H groups in total. The molecule has 2 amide bonds. The summed E-state index contributed by atoms with van der Waals surface area (Å²) in [6.07, 6.45) is 3.72. The zero-order chi connectivity index (χ0) is 19.2. The fraction of sp³-hybridized carbons (Fsp3) is 0.500. The summed E-state index contributed by atoms with van der Waals surface area (Å²) >= 11 is 1.68. The first-order chi connectivity index (χ1) is 13.1. The molecule has 1 atom stereocenters. The third-order valence-electron chi connectivity index (χ3n) is 4.82. The van der Waals surface area contributed by atoms with Gasteiger partial charge in [-0.15, -0.1) is 11.3 Å². The molecule has 1 aromatic heterocycles. The molecule has 2 aromatic rings. The minimum atomic E-state index is -0.00862. The number of aryl methyl sites for hydroxylation is 2. The molecule has 6 nitrogen and oxygen atoms in total. The number of methoxy groups -OCH3 is 2. The van der Waals surface area contributed by atoms with Crippen LogP contribution >= 0.6 is 11.3 Å².